The molecule has 0 amide bonds. The topological polar surface area (TPSA) is 92.3 Å². The highest BCUT2D eigenvalue weighted by Crippen LogP contribution is 2.38. The van der Waals surface area contributed by atoms with Crippen LogP contribution in [0.1, 0.15) is 31.2 Å². The number of thiazole rings is 1. The molecule has 4 aromatic rings. The highest BCUT2D eigenvalue weighted by molar-refractivity contribution is 7.07. The van der Waals surface area contributed by atoms with Crippen LogP contribution in [0.2, 0.25) is 5.02 Å². The number of aromatic nitrogens is 1. The molecule has 0 aliphatic carbocycles. The lowest BCUT2D eigenvalue weighted by molar-refractivity contribution is -0.139. The van der Waals surface area contributed by atoms with E-state index in [1.54, 1.807) is 44.2 Å². The molecule has 0 spiro atoms. The van der Waals surface area contributed by atoms with Crippen LogP contribution in [0.25, 0.3) is 17.4 Å². The van der Waals surface area contributed by atoms with E-state index in [0.29, 0.717) is 54.2 Å². The third-order valence-corrected chi connectivity index (χ3v) is 7.46. The maximum absolute atomic E-state index is 13.8. The number of ether oxygens (including phenoxy) is 3. The summed E-state index contributed by atoms with van der Waals surface area (Å²) in [5, 5.41) is 0.602. The molecule has 2 aliphatic rings. The van der Waals surface area contributed by atoms with Gasteiger partial charge < -0.3 is 18.6 Å². The molecule has 6 rings (SSSR count). The minimum absolute atomic E-state index is 0.113. The fourth-order valence-electron chi connectivity index (χ4n) is 4.55. The number of carbonyl (C=O) groups excluding carboxylic acids is 1. The van der Waals surface area contributed by atoms with Gasteiger partial charge in [0.05, 0.1) is 28.5 Å². The van der Waals surface area contributed by atoms with Gasteiger partial charge in [0, 0.05) is 16.7 Å². The summed E-state index contributed by atoms with van der Waals surface area (Å²) in [6.45, 7) is 3.79. The Balaban J connectivity index is 1.48. The molecular formula is C28H21ClN2O6S. The first kappa shape index (κ1) is 24.3. The van der Waals surface area contributed by atoms with Gasteiger partial charge in [-0.2, -0.15) is 0 Å². The number of hydrogen-bond donors (Lipinski definition) is 0. The summed E-state index contributed by atoms with van der Waals surface area (Å²) in [4.78, 5) is 31.9. The molecule has 10 heteroatoms. The summed E-state index contributed by atoms with van der Waals surface area (Å²) in [6, 6.07) is 15.6. The van der Waals surface area contributed by atoms with E-state index in [0.717, 1.165) is 5.56 Å². The molecule has 192 valence electrons. The second-order valence-electron chi connectivity index (χ2n) is 8.63. The van der Waals surface area contributed by atoms with Crippen LogP contribution in [0, 0.1) is 0 Å². The van der Waals surface area contributed by atoms with Crippen LogP contribution in [0.5, 0.6) is 11.5 Å². The minimum atomic E-state index is -0.749. The molecule has 2 aliphatic heterocycles. The molecule has 2 aromatic heterocycles. The van der Waals surface area contributed by atoms with Crippen molar-refractivity contribution < 1.29 is 23.4 Å². The molecule has 0 unspecified atom stereocenters. The summed E-state index contributed by atoms with van der Waals surface area (Å²) in [6.07, 6.45) is 1.68. The molecule has 2 aromatic carbocycles. The maximum atomic E-state index is 13.8. The van der Waals surface area contributed by atoms with Crippen molar-refractivity contribution >= 4 is 35.0 Å². The van der Waals surface area contributed by atoms with E-state index >= 15 is 0 Å². The van der Waals surface area contributed by atoms with E-state index < -0.39 is 12.0 Å². The molecule has 0 N–H and O–H groups in total. The largest absolute Gasteiger partial charge is 0.463 e. The number of carbonyl (C=O) groups is 1. The normalized spacial score (nSPS) is 16.4. The van der Waals surface area contributed by atoms with Crippen LogP contribution < -0.4 is 24.4 Å². The van der Waals surface area contributed by atoms with Gasteiger partial charge in [0.25, 0.3) is 5.56 Å². The van der Waals surface area contributed by atoms with Gasteiger partial charge in [-0.05, 0) is 55.8 Å². The van der Waals surface area contributed by atoms with Crippen molar-refractivity contribution in [3.05, 3.63) is 102 Å². The van der Waals surface area contributed by atoms with Crippen LogP contribution >= 0.6 is 22.9 Å². The number of hydrogen-bond acceptors (Lipinski definition) is 8. The van der Waals surface area contributed by atoms with Gasteiger partial charge in [0.2, 0.25) is 6.79 Å². The number of benzene rings is 2. The van der Waals surface area contributed by atoms with E-state index in [1.807, 2.05) is 30.3 Å². The van der Waals surface area contributed by atoms with Gasteiger partial charge in [0.15, 0.2) is 16.3 Å². The van der Waals surface area contributed by atoms with Crippen LogP contribution in [0.3, 0.4) is 0 Å². The summed E-state index contributed by atoms with van der Waals surface area (Å²) in [7, 11) is 0. The average molecular weight is 549 g/mol. The Kier molecular flexibility index (Phi) is 6.17. The maximum Gasteiger partial charge on any atom is 0.338 e. The smallest absolute Gasteiger partial charge is 0.338 e. The number of esters is 1. The van der Waals surface area contributed by atoms with Gasteiger partial charge in [0.1, 0.15) is 11.5 Å². The Morgan fingerprint density at radius 3 is 2.84 bits per heavy atom. The Bertz CT molecular complexity index is 1800. The highest BCUT2D eigenvalue weighted by atomic mass is 35.5. The fourth-order valence-corrected chi connectivity index (χ4v) is 5.76. The predicted octanol–water partition coefficient (Wildman–Crippen LogP) is 4.44. The zero-order valence-electron chi connectivity index (χ0n) is 20.4. The minimum Gasteiger partial charge on any atom is -0.463 e. The Hall–Kier alpha value is -4.08. The molecule has 0 saturated carbocycles. The molecule has 8 nitrogen and oxygen atoms in total. The number of halogens is 1. The van der Waals surface area contributed by atoms with E-state index in [1.165, 1.54) is 15.9 Å². The molecule has 0 bridgehead atoms. The second-order valence-corrected chi connectivity index (χ2v) is 10.1. The summed E-state index contributed by atoms with van der Waals surface area (Å²) in [5.74, 6) is 1.76. The third-order valence-electron chi connectivity index (χ3n) is 6.24. The van der Waals surface area contributed by atoms with E-state index in [4.69, 9.17) is 30.2 Å². The van der Waals surface area contributed by atoms with Gasteiger partial charge >= 0.3 is 5.97 Å². The molecule has 0 radical (unpaired) electrons. The molecule has 38 heavy (non-hydrogen) atoms. The molecular weight excluding hydrogens is 528 g/mol. The fraction of sp³-hybridized carbons (Fsp3) is 0.179. The van der Waals surface area contributed by atoms with Gasteiger partial charge in [-0.1, -0.05) is 41.1 Å². The van der Waals surface area contributed by atoms with Crippen molar-refractivity contribution in [3.63, 3.8) is 0 Å². The lowest BCUT2D eigenvalue weighted by Gasteiger charge is -2.24. The van der Waals surface area contributed by atoms with Crippen LogP contribution in [-0.4, -0.2) is 23.9 Å². The Morgan fingerprint density at radius 2 is 2.03 bits per heavy atom. The molecule has 0 fully saturated rings. The predicted molar refractivity (Wildman–Crippen MR) is 142 cm³/mol. The first-order valence-corrected chi connectivity index (χ1v) is 13.1. The number of allylic oxidation sites excluding steroid dienone is 1. The van der Waals surface area contributed by atoms with Gasteiger partial charge in [-0.25, -0.2) is 9.79 Å². The highest BCUT2D eigenvalue weighted by Gasteiger charge is 2.34. The lowest BCUT2D eigenvalue weighted by atomic mass is 9.95. The average Bonchev–Trinajstić information content (AvgIpc) is 3.63. The van der Waals surface area contributed by atoms with Crippen molar-refractivity contribution in [3.8, 4) is 22.8 Å². The first-order chi connectivity index (χ1) is 18.4. The zero-order valence-corrected chi connectivity index (χ0v) is 22.0. The summed E-state index contributed by atoms with van der Waals surface area (Å²) < 4.78 is 24.3. The first-order valence-electron chi connectivity index (χ1n) is 11.9. The van der Waals surface area contributed by atoms with E-state index in [9.17, 15) is 9.59 Å². The Morgan fingerprint density at radius 1 is 1.18 bits per heavy atom. The monoisotopic (exact) mass is 548 g/mol. The third kappa shape index (κ3) is 4.23. The Labute approximate surface area is 225 Å². The SMILES string of the molecule is CCOC(=O)C1=C(C)N=c2s/c(=C\c3ccc(-c4cccc(Cl)c4)o3)c(=O)n2[C@H]1c1ccc2c(c1)OCO2. The quantitative estimate of drug-likeness (QED) is 0.342. The van der Waals surface area contributed by atoms with Crippen molar-refractivity contribution in [1.82, 2.24) is 4.57 Å². The van der Waals surface area contributed by atoms with Crippen LogP contribution in [-0.2, 0) is 9.53 Å². The number of nitrogens with zero attached hydrogens (tertiary/aromatic N) is 2. The van der Waals surface area contributed by atoms with Crippen molar-refractivity contribution in [2.24, 2.45) is 4.99 Å². The van der Waals surface area contributed by atoms with Gasteiger partial charge in [-0.15, -0.1) is 0 Å². The number of fused-ring (bicyclic) bond motifs is 2. The second kappa shape index (κ2) is 9.66. The van der Waals surface area contributed by atoms with Crippen molar-refractivity contribution in [2.45, 2.75) is 19.9 Å². The van der Waals surface area contributed by atoms with Crippen LogP contribution in [0.4, 0.5) is 0 Å². The number of furan rings is 1. The molecule has 0 saturated heterocycles. The summed E-state index contributed by atoms with van der Waals surface area (Å²) >= 11 is 7.34. The molecule has 4 heterocycles. The number of rotatable bonds is 5. The van der Waals surface area contributed by atoms with E-state index in [-0.39, 0.29) is 19.0 Å². The zero-order chi connectivity index (χ0) is 26.4. The summed E-state index contributed by atoms with van der Waals surface area (Å²) in [5.41, 5.74) is 1.99. The van der Waals surface area contributed by atoms with E-state index in [2.05, 4.69) is 4.99 Å². The lowest BCUT2D eigenvalue weighted by Crippen LogP contribution is -2.39. The standard InChI is InChI=1S/C28H21ClN2O6S/c1-3-34-27(33)24-15(2)30-28-31(25(24)17-7-9-21-22(12-17)36-14-35-21)26(32)23(38-28)13-19-8-10-20(37-19)16-5-4-6-18(29)11-16/h4-13,25H,3,14H2,1-2H3/b23-13-/t25-/m0/s1. The van der Waals surface area contributed by atoms with Crippen LogP contribution in [0.15, 0.2) is 80.1 Å². The molecule has 1 atom stereocenters. The van der Waals surface area contributed by atoms with Crippen molar-refractivity contribution in [1.29, 1.82) is 0 Å². The van der Waals surface area contributed by atoms with Gasteiger partial charge in [-0.3, -0.25) is 9.36 Å². The van der Waals surface area contributed by atoms with Crippen molar-refractivity contribution in [2.75, 3.05) is 13.4 Å².